The molecule has 3 N–H and O–H groups in total. The van der Waals surface area contributed by atoms with E-state index in [1.165, 1.54) is 4.88 Å². The van der Waals surface area contributed by atoms with E-state index >= 15 is 0 Å². The predicted octanol–water partition coefficient (Wildman–Crippen LogP) is 3.14. The maximum atomic E-state index is 12.1. The van der Waals surface area contributed by atoms with Gasteiger partial charge in [-0.25, -0.2) is 4.79 Å². The van der Waals surface area contributed by atoms with Crippen LogP contribution in [-0.4, -0.2) is 35.7 Å². The molecule has 22 heavy (non-hydrogen) atoms. The van der Waals surface area contributed by atoms with Gasteiger partial charge in [-0.05, 0) is 67.6 Å². The summed E-state index contributed by atoms with van der Waals surface area (Å²) in [5, 5.41) is 0. The zero-order valence-electron chi connectivity index (χ0n) is 13.3. The van der Waals surface area contributed by atoms with Gasteiger partial charge in [0.25, 0.3) is 0 Å². The van der Waals surface area contributed by atoms with Gasteiger partial charge in [-0.3, -0.25) is 11.3 Å². The largest absolute Gasteiger partial charge is 0.444 e. The molecule has 2 unspecified atom stereocenters. The van der Waals surface area contributed by atoms with Crippen molar-refractivity contribution in [3.8, 4) is 0 Å². The van der Waals surface area contributed by atoms with E-state index < -0.39 is 5.60 Å². The van der Waals surface area contributed by atoms with Gasteiger partial charge < -0.3 is 9.64 Å². The quantitative estimate of drug-likeness (QED) is 0.612. The standard InChI is InChI=1S/C15H24BrN3O2S/c1-15(2,3)21-14(20)19-7-6-10(9-19)12(18-17)8-11-4-5-13(16)22-11/h4-5,10,12,18H,6-9,17H2,1-3H3. The highest BCUT2D eigenvalue weighted by molar-refractivity contribution is 9.11. The Kier molecular flexibility index (Phi) is 5.87. The number of nitrogens with two attached hydrogens (primary N) is 1. The van der Waals surface area contributed by atoms with Crippen LogP contribution in [0.1, 0.15) is 32.1 Å². The van der Waals surface area contributed by atoms with Crippen LogP contribution in [0.4, 0.5) is 4.79 Å². The summed E-state index contributed by atoms with van der Waals surface area (Å²) in [5.41, 5.74) is 2.47. The molecular weight excluding hydrogens is 366 g/mol. The molecule has 1 aromatic rings. The van der Waals surface area contributed by atoms with Gasteiger partial charge in [0.15, 0.2) is 0 Å². The van der Waals surface area contributed by atoms with Crippen LogP contribution in [-0.2, 0) is 11.2 Å². The summed E-state index contributed by atoms with van der Waals surface area (Å²) < 4.78 is 6.56. The van der Waals surface area contributed by atoms with Gasteiger partial charge in [-0.2, -0.15) is 0 Å². The smallest absolute Gasteiger partial charge is 0.410 e. The molecule has 1 amide bonds. The molecule has 0 aliphatic carbocycles. The summed E-state index contributed by atoms with van der Waals surface area (Å²) in [5.74, 6) is 6.08. The number of halogens is 1. The summed E-state index contributed by atoms with van der Waals surface area (Å²) in [6, 6.07) is 4.33. The fraction of sp³-hybridized carbons (Fsp3) is 0.667. The number of hydrogen-bond acceptors (Lipinski definition) is 5. The van der Waals surface area contributed by atoms with Crippen LogP contribution >= 0.6 is 27.3 Å². The van der Waals surface area contributed by atoms with Gasteiger partial charge in [0.1, 0.15) is 5.60 Å². The molecule has 2 heterocycles. The van der Waals surface area contributed by atoms with Crippen molar-refractivity contribution in [2.75, 3.05) is 13.1 Å². The van der Waals surface area contributed by atoms with Crippen molar-refractivity contribution in [2.24, 2.45) is 11.8 Å². The average molecular weight is 390 g/mol. The lowest BCUT2D eigenvalue weighted by atomic mass is 9.96. The Bertz CT molecular complexity index is 515. The molecule has 1 saturated heterocycles. The first-order valence-electron chi connectivity index (χ1n) is 7.47. The number of rotatable bonds is 4. The van der Waals surface area contributed by atoms with Crippen molar-refractivity contribution in [1.29, 1.82) is 0 Å². The molecule has 0 aromatic carbocycles. The fourth-order valence-corrected chi connectivity index (χ4v) is 4.19. The Morgan fingerprint density at radius 2 is 2.32 bits per heavy atom. The number of amides is 1. The van der Waals surface area contributed by atoms with Crippen molar-refractivity contribution in [3.63, 3.8) is 0 Å². The molecule has 2 rings (SSSR count). The minimum absolute atomic E-state index is 0.165. The summed E-state index contributed by atoms with van der Waals surface area (Å²) in [6.45, 7) is 7.08. The molecule has 1 aliphatic rings. The Morgan fingerprint density at radius 1 is 1.59 bits per heavy atom. The number of hydrogen-bond donors (Lipinski definition) is 2. The molecule has 1 fully saturated rings. The molecule has 2 atom stereocenters. The third-order valence-electron chi connectivity index (χ3n) is 3.71. The lowest BCUT2D eigenvalue weighted by Crippen LogP contribution is -2.44. The molecule has 0 radical (unpaired) electrons. The van der Waals surface area contributed by atoms with E-state index in [1.54, 1.807) is 16.2 Å². The van der Waals surface area contributed by atoms with E-state index in [1.807, 2.05) is 20.8 Å². The highest BCUT2D eigenvalue weighted by Crippen LogP contribution is 2.27. The highest BCUT2D eigenvalue weighted by atomic mass is 79.9. The molecule has 0 spiro atoms. The summed E-state index contributed by atoms with van der Waals surface area (Å²) in [6.07, 6.45) is 1.59. The van der Waals surface area contributed by atoms with Gasteiger partial charge in [0.05, 0.1) is 3.79 Å². The van der Waals surface area contributed by atoms with Crippen LogP contribution < -0.4 is 11.3 Å². The second-order valence-electron chi connectivity index (χ2n) is 6.66. The van der Waals surface area contributed by atoms with Crippen LogP contribution in [0.25, 0.3) is 0 Å². The van der Waals surface area contributed by atoms with E-state index in [0.29, 0.717) is 12.5 Å². The fourth-order valence-electron chi connectivity index (χ4n) is 2.65. The molecule has 1 aliphatic heterocycles. The second-order valence-corrected chi connectivity index (χ2v) is 9.21. The van der Waals surface area contributed by atoms with E-state index in [9.17, 15) is 4.79 Å². The Balaban J connectivity index is 1.91. The zero-order valence-corrected chi connectivity index (χ0v) is 15.7. The Morgan fingerprint density at radius 3 is 2.86 bits per heavy atom. The number of thiophene rings is 1. The number of nitrogens with zero attached hydrogens (tertiary/aromatic N) is 1. The average Bonchev–Trinajstić information content (AvgIpc) is 3.03. The third-order valence-corrected chi connectivity index (χ3v) is 5.36. The maximum absolute atomic E-state index is 12.1. The van der Waals surface area contributed by atoms with Gasteiger partial charge in [-0.15, -0.1) is 11.3 Å². The Hall–Kier alpha value is -0.630. The number of carbonyl (C=O) groups excluding carboxylic acids is 1. The van der Waals surface area contributed by atoms with Crippen LogP contribution in [0, 0.1) is 5.92 Å². The molecular formula is C15H24BrN3O2S. The van der Waals surface area contributed by atoms with Crippen LogP contribution in [0.2, 0.25) is 0 Å². The van der Waals surface area contributed by atoms with Crippen LogP contribution in [0.5, 0.6) is 0 Å². The van der Waals surface area contributed by atoms with E-state index in [-0.39, 0.29) is 12.1 Å². The van der Waals surface area contributed by atoms with Crippen molar-refractivity contribution in [2.45, 2.75) is 45.3 Å². The normalized spacial score (nSPS) is 20.2. The van der Waals surface area contributed by atoms with Crippen LogP contribution in [0.15, 0.2) is 15.9 Å². The van der Waals surface area contributed by atoms with Crippen LogP contribution in [0.3, 0.4) is 0 Å². The zero-order chi connectivity index (χ0) is 16.3. The molecule has 0 bridgehead atoms. The maximum Gasteiger partial charge on any atom is 0.410 e. The van der Waals surface area contributed by atoms with Gasteiger partial charge in [0, 0.05) is 24.0 Å². The molecule has 1 aromatic heterocycles. The summed E-state index contributed by atoms with van der Waals surface area (Å²) >= 11 is 5.20. The number of carbonyl (C=O) groups is 1. The molecule has 0 saturated carbocycles. The lowest BCUT2D eigenvalue weighted by molar-refractivity contribution is 0.0285. The number of hydrazine groups is 1. The minimum atomic E-state index is -0.454. The van der Waals surface area contributed by atoms with Crippen molar-refractivity contribution < 1.29 is 9.53 Å². The van der Waals surface area contributed by atoms with E-state index in [4.69, 9.17) is 10.6 Å². The predicted molar refractivity (Wildman–Crippen MR) is 92.7 cm³/mol. The number of nitrogens with one attached hydrogen (secondary N) is 1. The first kappa shape index (κ1) is 17.7. The summed E-state index contributed by atoms with van der Waals surface area (Å²) in [4.78, 5) is 15.2. The van der Waals surface area contributed by atoms with E-state index in [0.717, 1.165) is 23.2 Å². The van der Waals surface area contributed by atoms with Gasteiger partial charge >= 0.3 is 6.09 Å². The van der Waals surface area contributed by atoms with E-state index in [2.05, 4.69) is 33.5 Å². The second kappa shape index (κ2) is 7.29. The molecule has 7 heteroatoms. The highest BCUT2D eigenvalue weighted by Gasteiger charge is 2.33. The number of likely N-dealkylation sites (tertiary alicyclic amines) is 1. The van der Waals surface area contributed by atoms with Crippen molar-refractivity contribution in [3.05, 3.63) is 20.8 Å². The Labute approximate surface area is 144 Å². The minimum Gasteiger partial charge on any atom is -0.444 e. The summed E-state index contributed by atoms with van der Waals surface area (Å²) in [7, 11) is 0. The molecule has 5 nitrogen and oxygen atoms in total. The van der Waals surface area contributed by atoms with Gasteiger partial charge in [-0.1, -0.05) is 0 Å². The lowest BCUT2D eigenvalue weighted by Gasteiger charge is -2.26. The first-order chi connectivity index (χ1) is 10.3. The van der Waals surface area contributed by atoms with Gasteiger partial charge in [0.2, 0.25) is 0 Å². The van der Waals surface area contributed by atoms with Crippen molar-refractivity contribution >= 4 is 33.4 Å². The first-order valence-corrected chi connectivity index (χ1v) is 9.07. The monoisotopic (exact) mass is 389 g/mol. The number of ether oxygens (including phenoxy) is 1. The third kappa shape index (κ3) is 4.94. The topological polar surface area (TPSA) is 67.6 Å². The SMILES string of the molecule is CC(C)(C)OC(=O)N1CCC(C(Cc2ccc(Br)s2)NN)C1. The van der Waals surface area contributed by atoms with Crippen molar-refractivity contribution in [1.82, 2.24) is 10.3 Å². The molecule has 124 valence electrons.